The molecule has 0 aliphatic carbocycles. The van der Waals surface area contributed by atoms with Gasteiger partial charge in [0.1, 0.15) is 11.5 Å². The van der Waals surface area contributed by atoms with Crippen LogP contribution in [0.2, 0.25) is 0 Å². The third-order valence-electron chi connectivity index (χ3n) is 4.17. The van der Waals surface area contributed by atoms with Crippen LogP contribution in [0.25, 0.3) is 17.3 Å². The predicted octanol–water partition coefficient (Wildman–Crippen LogP) is 4.98. The highest BCUT2D eigenvalue weighted by atomic mass is 32.1. The molecule has 3 rings (SSSR count). The minimum atomic E-state index is -3.15. The SMILES string of the molecule is COP(=O)(Cc1ccc(NC(=O)C=Cc2snnc2-c2ccc(F)cc2)cc1)OC. The summed E-state index contributed by atoms with van der Waals surface area (Å²) >= 11 is 1.14. The third kappa shape index (κ3) is 5.67. The van der Waals surface area contributed by atoms with Crippen molar-refractivity contribution in [1.29, 1.82) is 0 Å². The summed E-state index contributed by atoms with van der Waals surface area (Å²) in [5, 5.41) is 6.80. The minimum Gasteiger partial charge on any atom is -0.323 e. The molecule has 156 valence electrons. The van der Waals surface area contributed by atoms with Crippen molar-refractivity contribution in [1.82, 2.24) is 9.59 Å². The highest BCUT2D eigenvalue weighted by Gasteiger charge is 2.21. The first-order valence-electron chi connectivity index (χ1n) is 8.79. The second kappa shape index (κ2) is 9.86. The molecule has 0 saturated heterocycles. The normalized spacial score (nSPS) is 11.7. The molecule has 0 saturated carbocycles. The van der Waals surface area contributed by atoms with Gasteiger partial charge in [-0.3, -0.25) is 9.36 Å². The van der Waals surface area contributed by atoms with E-state index in [1.54, 1.807) is 42.5 Å². The van der Waals surface area contributed by atoms with Crippen LogP contribution in [0.15, 0.2) is 54.6 Å². The monoisotopic (exact) mass is 447 g/mol. The van der Waals surface area contributed by atoms with Gasteiger partial charge in [0.15, 0.2) is 0 Å². The molecule has 2 aromatic carbocycles. The van der Waals surface area contributed by atoms with Crippen molar-refractivity contribution in [2.24, 2.45) is 0 Å². The van der Waals surface area contributed by atoms with Gasteiger partial charge in [-0.15, -0.1) is 5.10 Å². The molecule has 7 nitrogen and oxygen atoms in total. The van der Waals surface area contributed by atoms with E-state index in [1.165, 1.54) is 32.4 Å². The van der Waals surface area contributed by atoms with Crippen molar-refractivity contribution < 1.29 is 22.8 Å². The summed E-state index contributed by atoms with van der Waals surface area (Å²) in [6, 6.07) is 12.8. The number of nitrogens with one attached hydrogen (secondary N) is 1. The van der Waals surface area contributed by atoms with Crippen molar-refractivity contribution in [3.8, 4) is 11.3 Å². The Hall–Kier alpha value is -2.71. The van der Waals surface area contributed by atoms with Gasteiger partial charge in [-0.05, 0) is 59.6 Å². The van der Waals surface area contributed by atoms with Gasteiger partial charge < -0.3 is 14.4 Å². The van der Waals surface area contributed by atoms with Crippen LogP contribution in [0.1, 0.15) is 10.4 Å². The van der Waals surface area contributed by atoms with E-state index in [0.717, 1.165) is 17.1 Å². The highest BCUT2D eigenvalue weighted by Crippen LogP contribution is 2.49. The number of carbonyl (C=O) groups excluding carboxylic acids is 1. The van der Waals surface area contributed by atoms with E-state index in [0.29, 0.717) is 21.8 Å². The molecule has 10 heteroatoms. The van der Waals surface area contributed by atoms with Crippen LogP contribution >= 0.6 is 19.1 Å². The number of carbonyl (C=O) groups is 1. The van der Waals surface area contributed by atoms with Crippen LogP contribution in [0.5, 0.6) is 0 Å². The van der Waals surface area contributed by atoms with Crippen molar-refractivity contribution >= 4 is 36.8 Å². The smallest absolute Gasteiger partial charge is 0.323 e. The summed E-state index contributed by atoms with van der Waals surface area (Å²) < 4.78 is 39.0. The van der Waals surface area contributed by atoms with Gasteiger partial charge in [-0.2, -0.15) is 0 Å². The van der Waals surface area contributed by atoms with Crippen molar-refractivity contribution in [2.45, 2.75) is 6.16 Å². The topological polar surface area (TPSA) is 90.4 Å². The molecule has 30 heavy (non-hydrogen) atoms. The number of nitrogens with zero attached hydrogens (tertiary/aromatic N) is 2. The molecule has 0 aliphatic heterocycles. The number of aromatic nitrogens is 2. The minimum absolute atomic E-state index is 0.138. The largest absolute Gasteiger partial charge is 0.334 e. The standard InChI is InChI=1S/C20H19FN3O4PS/c1-27-29(26,28-2)13-14-3-9-17(10-4-14)22-19(25)12-11-18-20(23-24-30-18)15-5-7-16(21)8-6-15/h3-12H,13H2,1-2H3,(H,22,25). The molecule has 1 amide bonds. The Morgan fingerprint density at radius 1 is 1.13 bits per heavy atom. The van der Waals surface area contributed by atoms with Gasteiger partial charge in [0, 0.05) is 31.5 Å². The summed E-state index contributed by atoms with van der Waals surface area (Å²) in [5.74, 6) is -0.669. The summed E-state index contributed by atoms with van der Waals surface area (Å²) in [5.41, 5.74) is 2.63. The molecule has 0 unspecified atom stereocenters. The van der Waals surface area contributed by atoms with E-state index in [-0.39, 0.29) is 17.9 Å². The van der Waals surface area contributed by atoms with E-state index >= 15 is 0 Å². The molecule has 0 spiro atoms. The number of anilines is 1. The van der Waals surface area contributed by atoms with Crippen LogP contribution in [0.3, 0.4) is 0 Å². The summed E-state index contributed by atoms with van der Waals surface area (Å²) in [4.78, 5) is 12.9. The third-order valence-corrected chi connectivity index (χ3v) is 6.73. The number of halogens is 1. The van der Waals surface area contributed by atoms with Gasteiger partial charge in [0.25, 0.3) is 0 Å². The average Bonchev–Trinajstić information content (AvgIpc) is 3.23. The molecule has 3 aromatic rings. The summed E-state index contributed by atoms with van der Waals surface area (Å²) in [7, 11) is -0.470. The first kappa shape index (κ1) is 22.0. The van der Waals surface area contributed by atoms with Gasteiger partial charge in [0.05, 0.1) is 11.0 Å². The maximum absolute atomic E-state index is 13.1. The van der Waals surface area contributed by atoms with Gasteiger partial charge in [0.2, 0.25) is 5.91 Å². The highest BCUT2D eigenvalue weighted by molar-refractivity contribution is 7.52. The molecule has 1 N–H and O–H groups in total. The predicted molar refractivity (Wildman–Crippen MR) is 115 cm³/mol. The van der Waals surface area contributed by atoms with Gasteiger partial charge in [-0.25, -0.2) is 4.39 Å². The molecule has 0 atom stereocenters. The maximum atomic E-state index is 13.1. The van der Waals surface area contributed by atoms with E-state index in [2.05, 4.69) is 14.9 Å². The molecule has 1 heterocycles. The molecule has 0 bridgehead atoms. The maximum Gasteiger partial charge on any atom is 0.334 e. The summed E-state index contributed by atoms with van der Waals surface area (Å²) in [6.45, 7) is 0. The molecular formula is C20H19FN3O4PS. The Morgan fingerprint density at radius 2 is 1.80 bits per heavy atom. The average molecular weight is 447 g/mol. The van der Waals surface area contributed by atoms with Crippen molar-refractivity contribution in [2.75, 3.05) is 19.5 Å². The first-order valence-corrected chi connectivity index (χ1v) is 11.3. The van der Waals surface area contributed by atoms with E-state index in [1.807, 2.05) is 0 Å². The van der Waals surface area contributed by atoms with Crippen LogP contribution < -0.4 is 5.32 Å². The summed E-state index contributed by atoms with van der Waals surface area (Å²) in [6.07, 6.45) is 3.12. The van der Waals surface area contributed by atoms with Crippen LogP contribution in [0, 0.1) is 5.82 Å². The number of rotatable bonds is 8. The van der Waals surface area contributed by atoms with Crippen LogP contribution in [-0.2, 0) is 24.6 Å². The number of hydrogen-bond acceptors (Lipinski definition) is 7. The molecule has 0 aliphatic rings. The molecule has 0 fully saturated rings. The molecule has 1 aromatic heterocycles. The fourth-order valence-corrected chi connectivity index (χ4v) is 4.22. The Bertz CT molecular complexity index is 1080. The van der Waals surface area contributed by atoms with E-state index in [9.17, 15) is 13.8 Å². The Balaban J connectivity index is 1.64. The lowest BCUT2D eigenvalue weighted by Gasteiger charge is -2.13. The van der Waals surface area contributed by atoms with Crippen LogP contribution in [-0.4, -0.2) is 29.7 Å². The Kier molecular flexibility index (Phi) is 7.23. The Morgan fingerprint density at radius 3 is 2.43 bits per heavy atom. The number of benzene rings is 2. The zero-order valence-electron chi connectivity index (χ0n) is 16.2. The zero-order chi connectivity index (χ0) is 21.6. The van der Waals surface area contributed by atoms with Gasteiger partial charge >= 0.3 is 7.60 Å². The Labute approximate surface area is 177 Å². The first-order chi connectivity index (χ1) is 14.4. The van der Waals surface area contributed by atoms with E-state index in [4.69, 9.17) is 9.05 Å². The van der Waals surface area contributed by atoms with Gasteiger partial charge in [-0.1, -0.05) is 16.6 Å². The number of hydrogen-bond donors (Lipinski definition) is 1. The number of amides is 1. The lowest BCUT2D eigenvalue weighted by atomic mass is 10.1. The zero-order valence-corrected chi connectivity index (χ0v) is 18.0. The lowest BCUT2D eigenvalue weighted by Crippen LogP contribution is -2.07. The second-order valence-corrected chi connectivity index (χ2v) is 9.20. The van der Waals surface area contributed by atoms with Crippen molar-refractivity contribution in [3.63, 3.8) is 0 Å². The quantitative estimate of drug-likeness (QED) is 0.387. The second-order valence-electron chi connectivity index (χ2n) is 6.15. The molecule has 0 radical (unpaired) electrons. The lowest BCUT2D eigenvalue weighted by molar-refractivity contribution is -0.111. The fourth-order valence-electron chi connectivity index (χ4n) is 2.57. The molecular weight excluding hydrogens is 428 g/mol. The van der Waals surface area contributed by atoms with Crippen LogP contribution in [0.4, 0.5) is 10.1 Å². The fraction of sp³-hybridized carbons (Fsp3) is 0.150. The van der Waals surface area contributed by atoms with Crippen molar-refractivity contribution in [3.05, 3.63) is 70.9 Å². The van der Waals surface area contributed by atoms with E-state index < -0.39 is 7.60 Å².